The van der Waals surface area contributed by atoms with Crippen LogP contribution in [0.4, 0.5) is 5.69 Å². The lowest BCUT2D eigenvalue weighted by Crippen LogP contribution is -2.17. The molecule has 9 nitrogen and oxygen atoms in total. The highest BCUT2D eigenvalue weighted by Crippen LogP contribution is 2.36. The Bertz CT molecular complexity index is 1220. The van der Waals surface area contributed by atoms with Crippen LogP contribution in [0.2, 0.25) is 0 Å². The van der Waals surface area contributed by atoms with Crippen molar-refractivity contribution in [2.45, 2.75) is 6.54 Å². The highest BCUT2D eigenvalue weighted by Gasteiger charge is 2.23. The maximum Gasteiger partial charge on any atom is 0.203 e. The number of hydrogen-bond acceptors (Lipinski definition) is 8. The van der Waals surface area contributed by atoms with E-state index in [-0.39, 0.29) is 29.0 Å². The van der Waals surface area contributed by atoms with Gasteiger partial charge in [-0.2, -0.15) is 5.10 Å². The van der Waals surface area contributed by atoms with E-state index in [1.165, 1.54) is 16.6 Å². The van der Waals surface area contributed by atoms with Crippen molar-refractivity contribution in [1.29, 1.82) is 0 Å². The number of benzene rings is 2. The second-order valence-electron chi connectivity index (χ2n) is 6.52. The Morgan fingerprint density at radius 2 is 1.82 bits per heavy atom. The van der Waals surface area contributed by atoms with Crippen LogP contribution in [0.5, 0.6) is 11.5 Å². The molecule has 146 valence electrons. The molecule has 0 saturated heterocycles. The van der Waals surface area contributed by atoms with Crippen molar-refractivity contribution in [2.24, 2.45) is 5.73 Å². The van der Waals surface area contributed by atoms with Gasteiger partial charge in [-0.3, -0.25) is 4.79 Å². The number of aromatic hydroxyl groups is 2. The largest absolute Gasteiger partial charge is 0.507 e. The fraction of sp³-hybridized carbons (Fsp3) is 0.263. The van der Waals surface area contributed by atoms with Gasteiger partial charge in [0.15, 0.2) is 0 Å². The minimum Gasteiger partial charge on any atom is -0.507 e. The van der Waals surface area contributed by atoms with Crippen LogP contribution in [0.3, 0.4) is 0 Å². The van der Waals surface area contributed by atoms with Crippen molar-refractivity contribution in [2.75, 3.05) is 31.6 Å². The minimum atomic E-state index is -0.393. The van der Waals surface area contributed by atoms with E-state index in [1.54, 1.807) is 6.07 Å². The third-order valence-corrected chi connectivity index (χ3v) is 4.76. The molecule has 0 unspecified atom stereocenters. The summed E-state index contributed by atoms with van der Waals surface area (Å²) in [6.45, 7) is 1.64. The van der Waals surface area contributed by atoms with Crippen LogP contribution in [0.15, 0.2) is 29.1 Å². The summed E-state index contributed by atoms with van der Waals surface area (Å²) in [5.74, 6) is -0.368. The van der Waals surface area contributed by atoms with Crippen LogP contribution >= 0.6 is 0 Å². The SMILES string of the molecule is NCCNc1ccc2c(CNCCO)nn3c4c(O)ccc(O)c4c(=O)c1c23. The summed E-state index contributed by atoms with van der Waals surface area (Å²) in [6, 6.07) is 6.27. The number of rotatable bonds is 7. The zero-order chi connectivity index (χ0) is 19.8. The number of phenolic OH excluding ortho intramolecular Hbond substituents is 2. The first-order valence-corrected chi connectivity index (χ1v) is 8.98. The summed E-state index contributed by atoms with van der Waals surface area (Å²) in [6.07, 6.45) is 0. The van der Waals surface area contributed by atoms with E-state index < -0.39 is 5.43 Å². The van der Waals surface area contributed by atoms with E-state index in [0.717, 1.165) is 5.39 Å². The molecule has 7 N–H and O–H groups in total. The van der Waals surface area contributed by atoms with Gasteiger partial charge >= 0.3 is 0 Å². The summed E-state index contributed by atoms with van der Waals surface area (Å²) in [7, 11) is 0. The molecule has 9 heteroatoms. The van der Waals surface area contributed by atoms with Crippen molar-refractivity contribution in [3.8, 4) is 11.5 Å². The van der Waals surface area contributed by atoms with Crippen LogP contribution in [0.1, 0.15) is 5.69 Å². The molecule has 0 aliphatic rings. The molecule has 0 spiro atoms. The van der Waals surface area contributed by atoms with Gasteiger partial charge in [0.05, 0.1) is 28.6 Å². The summed E-state index contributed by atoms with van der Waals surface area (Å²) in [4.78, 5) is 13.3. The maximum atomic E-state index is 13.3. The van der Waals surface area contributed by atoms with E-state index in [9.17, 15) is 15.0 Å². The smallest absolute Gasteiger partial charge is 0.203 e. The van der Waals surface area contributed by atoms with E-state index in [0.29, 0.717) is 48.5 Å². The first kappa shape index (κ1) is 18.2. The predicted molar refractivity (Wildman–Crippen MR) is 107 cm³/mol. The van der Waals surface area contributed by atoms with Gasteiger partial charge < -0.3 is 31.7 Å². The average Bonchev–Trinajstić information content (AvgIpc) is 3.05. The third kappa shape index (κ3) is 2.68. The monoisotopic (exact) mass is 383 g/mol. The number of anilines is 1. The van der Waals surface area contributed by atoms with Crippen LogP contribution < -0.4 is 21.8 Å². The number of fused-ring (bicyclic) bond motifs is 2. The second kappa shape index (κ2) is 7.12. The quantitative estimate of drug-likeness (QED) is 0.152. The topological polar surface area (TPSA) is 145 Å². The highest BCUT2D eigenvalue weighted by atomic mass is 16.3. The molecule has 0 saturated carbocycles. The number of nitrogens with zero attached hydrogens (tertiary/aromatic N) is 2. The Balaban J connectivity index is 2.12. The molecular formula is C19H21N5O4. The Kier molecular flexibility index (Phi) is 4.63. The van der Waals surface area contributed by atoms with Crippen LogP contribution in [0.25, 0.3) is 27.2 Å². The number of nitrogens with two attached hydrogens (primary N) is 1. The van der Waals surface area contributed by atoms with Gasteiger partial charge in [-0.1, -0.05) is 0 Å². The van der Waals surface area contributed by atoms with E-state index >= 15 is 0 Å². The zero-order valence-electron chi connectivity index (χ0n) is 15.1. The molecule has 0 fully saturated rings. The first-order valence-electron chi connectivity index (χ1n) is 8.98. The molecule has 2 aromatic heterocycles. The number of phenols is 2. The van der Waals surface area contributed by atoms with Crippen molar-refractivity contribution in [3.63, 3.8) is 0 Å². The number of pyridine rings is 1. The molecule has 0 atom stereocenters. The van der Waals surface area contributed by atoms with Gasteiger partial charge in [-0.15, -0.1) is 0 Å². The first-order chi connectivity index (χ1) is 13.6. The summed E-state index contributed by atoms with van der Waals surface area (Å²) < 4.78 is 1.50. The van der Waals surface area contributed by atoms with Crippen molar-refractivity contribution in [3.05, 3.63) is 40.2 Å². The zero-order valence-corrected chi connectivity index (χ0v) is 15.1. The number of aromatic nitrogens is 2. The molecule has 2 heterocycles. The molecular weight excluding hydrogens is 362 g/mol. The average molecular weight is 383 g/mol. The Hall–Kier alpha value is -3.14. The second-order valence-corrected chi connectivity index (χ2v) is 6.52. The third-order valence-electron chi connectivity index (χ3n) is 4.76. The Labute approximate surface area is 159 Å². The Morgan fingerprint density at radius 3 is 2.57 bits per heavy atom. The van der Waals surface area contributed by atoms with Gasteiger partial charge in [0.1, 0.15) is 17.0 Å². The van der Waals surface area contributed by atoms with Crippen molar-refractivity contribution >= 4 is 32.9 Å². The van der Waals surface area contributed by atoms with Crippen molar-refractivity contribution in [1.82, 2.24) is 14.9 Å². The van der Waals surface area contributed by atoms with Crippen LogP contribution in [-0.4, -0.2) is 51.2 Å². The summed E-state index contributed by atoms with van der Waals surface area (Å²) in [5, 5.41) is 41.7. The fourth-order valence-electron chi connectivity index (χ4n) is 3.56. The molecule has 28 heavy (non-hydrogen) atoms. The van der Waals surface area contributed by atoms with Crippen molar-refractivity contribution < 1.29 is 15.3 Å². The molecule has 0 aliphatic heterocycles. The van der Waals surface area contributed by atoms with Gasteiger partial charge in [0, 0.05) is 37.3 Å². The van der Waals surface area contributed by atoms with Gasteiger partial charge in [0.25, 0.3) is 0 Å². The molecule has 0 amide bonds. The molecule has 4 aromatic rings. The number of aliphatic hydroxyl groups excluding tert-OH is 1. The standard InChI is InChI=1S/C19H21N5O4/c20-5-6-22-11-2-1-10-12(9-21-7-8-25)23-24-17(10)15(11)19(28)16-13(26)3-4-14(27)18(16)24/h1-4,21-22,25-27H,5-9,20H2. The lowest BCUT2D eigenvalue weighted by molar-refractivity contribution is 0.291. The lowest BCUT2D eigenvalue weighted by Gasteiger charge is -2.12. The van der Waals surface area contributed by atoms with Gasteiger partial charge in [-0.25, -0.2) is 4.52 Å². The molecule has 4 rings (SSSR count). The normalized spacial score (nSPS) is 11.8. The Morgan fingerprint density at radius 1 is 1.04 bits per heavy atom. The van der Waals surface area contributed by atoms with Gasteiger partial charge in [-0.05, 0) is 24.3 Å². The molecule has 0 radical (unpaired) electrons. The lowest BCUT2D eigenvalue weighted by atomic mass is 10.0. The van der Waals surface area contributed by atoms with Crippen LogP contribution in [0, 0.1) is 0 Å². The molecule has 0 aliphatic carbocycles. The number of hydrogen-bond donors (Lipinski definition) is 6. The van der Waals surface area contributed by atoms with Crippen LogP contribution in [-0.2, 0) is 6.54 Å². The summed E-state index contributed by atoms with van der Waals surface area (Å²) >= 11 is 0. The van der Waals surface area contributed by atoms with Gasteiger partial charge in [0.2, 0.25) is 5.43 Å². The fourth-order valence-corrected chi connectivity index (χ4v) is 3.56. The van der Waals surface area contributed by atoms with E-state index in [4.69, 9.17) is 10.8 Å². The predicted octanol–water partition coefficient (Wildman–Crippen LogP) is 0.302. The maximum absolute atomic E-state index is 13.3. The number of nitrogens with one attached hydrogen (secondary N) is 2. The number of aliphatic hydroxyl groups is 1. The van der Waals surface area contributed by atoms with E-state index in [2.05, 4.69) is 15.7 Å². The highest BCUT2D eigenvalue weighted by molar-refractivity contribution is 6.10. The summed E-state index contributed by atoms with van der Waals surface area (Å²) in [5.41, 5.74) is 7.16. The molecule has 0 bridgehead atoms. The van der Waals surface area contributed by atoms with E-state index in [1.807, 2.05) is 6.07 Å². The molecule has 2 aromatic carbocycles. The minimum absolute atomic E-state index is 0.00692.